The Morgan fingerprint density at radius 3 is 2.72 bits per heavy atom. The SMILES string of the molecule is CS(=O)(=O)NC(=O)c1c(-c2ccc[nH]c2=O)c2c3occc3c(F)cc2n1Cc1csc(C(N)=O)c1. The number of H-pyrrole nitrogens is 1. The van der Waals surface area contributed by atoms with Crippen LogP contribution in [-0.2, 0) is 16.6 Å². The topological polar surface area (TPSA) is 157 Å². The van der Waals surface area contributed by atoms with Gasteiger partial charge in [0, 0.05) is 18.3 Å². The van der Waals surface area contributed by atoms with Crippen molar-refractivity contribution >= 4 is 55.0 Å². The van der Waals surface area contributed by atoms with Crippen LogP contribution in [0.2, 0.25) is 0 Å². The van der Waals surface area contributed by atoms with Gasteiger partial charge in [0.05, 0.1) is 39.2 Å². The summed E-state index contributed by atoms with van der Waals surface area (Å²) in [5, 5.41) is 2.01. The number of primary amides is 1. The summed E-state index contributed by atoms with van der Waals surface area (Å²) in [6.45, 7) is -0.0663. The molecule has 0 saturated heterocycles. The molecule has 4 N–H and O–H groups in total. The van der Waals surface area contributed by atoms with Crippen LogP contribution in [0.4, 0.5) is 4.39 Å². The van der Waals surface area contributed by atoms with E-state index < -0.39 is 33.2 Å². The zero-order valence-electron chi connectivity index (χ0n) is 18.5. The first-order valence-electron chi connectivity index (χ1n) is 10.3. The van der Waals surface area contributed by atoms with E-state index in [4.69, 9.17) is 10.2 Å². The number of thiophene rings is 1. The number of amides is 2. The average molecular weight is 529 g/mol. The van der Waals surface area contributed by atoms with Gasteiger partial charge in [-0.25, -0.2) is 17.5 Å². The Labute approximate surface area is 206 Å². The Morgan fingerprint density at radius 2 is 2.06 bits per heavy atom. The number of rotatable bonds is 6. The van der Waals surface area contributed by atoms with Gasteiger partial charge in [0.25, 0.3) is 17.4 Å². The molecular weight excluding hydrogens is 511 g/mol. The maximum absolute atomic E-state index is 15.1. The molecule has 0 fully saturated rings. The highest BCUT2D eigenvalue weighted by atomic mass is 32.2. The summed E-state index contributed by atoms with van der Waals surface area (Å²) in [5.74, 6) is -2.31. The van der Waals surface area contributed by atoms with E-state index in [1.165, 1.54) is 41.3 Å². The van der Waals surface area contributed by atoms with E-state index >= 15 is 4.39 Å². The van der Waals surface area contributed by atoms with E-state index in [9.17, 15) is 22.8 Å². The molecule has 0 spiro atoms. The molecular formula is C23H17FN4O6S2. The third-order valence-electron chi connectivity index (χ3n) is 5.53. The molecule has 4 aromatic heterocycles. The fourth-order valence-corrected chi connectivity index (χ4v) is 5.36. The number of carbonyl (C=O) groups is 2. The molecule has 4 heterocycles. The normalized spacial score (nSPS) is 11.8. The second-order valence-electron chi connectivity index (χ2n) is 8.03. The van der Waals surface area contributed by atoms with Crippen LogP contribution in [-0.4, -0.2) is 36.0 Å². The number of furan rings is 1. The van der Waals surface area contributed by atoms with E-state index in [0.717, 1.165) is 17.6 Å². The fourth-order valence-electron chi connectivity index (χ4n) is 4.17. The van der Waals surface area contributed by atoms with Crippen LogP contribution in [0.1, 0.15) is 25.7 Å². The third-order valence-corrected chi connectivity index (χ3v) is 7.08. The van der Waals surface area contributed by atoms with Crippen LogP contribution in [0.25, 0.3) is 33.0 Å². The summed E-state index contributed by atoms with van der Waals surface area (Å²) in [6.07, 6.45) is 3.49. The van der Waals surface area contributed by atoms with Crippen molar-refractivity contribution in [2.45, 2.75) is 6.54 Å². The molecule has 0 unspecified atom stereocenters. The van der Waals surface area contributed by atoms with Crippen molar-refractivity contribution in [2.75, 3.05) is 6.26 Å². The van der Waals surface area contributed by atoms with Gasteiger partial charge in [0.15, 0.2) is 0 Å². The van der Waals surface area contributed by atoms with Crippen molar-refractivity contribution in [1.82, 2.24) is 14.3 Å². The molecule has 13 heteroatoms. The highest BCUT2D eigenvalue weighted by Crippen LogP contribution is 2.40. The average Bonchev–Trinajstić information content (AvgIpc) is 3.51. The van der Waals surface area contributed by atoms with Gasteiger partial charge < -0.3 is 19.7 Å². The molecule has 0 radical (unpaired) electrons. The van der Waals surface area contributed by atoms with Crippen LogP contribution >= 0.6 is 11.3 Å². The number of nitrogens with one attached hydrogen (secondary N) is 2. The molecule has 0 aliphatic heterocycles. The predicted octanol–water partition coefficient (Wildman–Crippen LogP) is 2.78. The smallest absolute Gasteiger partial charge is 0.282 e. The largest absolute Gasteiger partial charge is 0.463 e. The van der Waals surface area contributed by atoms with E-state index in [1.807, 2.05) is 4.72 Å². The number of carbonyl (C=O) groups excluding carboxylic acids is 2. The van der Waals surface area contributed by atoms with Crippen molar-refractivity contribution < 1.29 is 26.8 Å². The van der Waals surface area contributed by atoms with Gasteiger partial charge in [-0.05, 0) is 41.3 Å². The molecule has 0 bridgehead atoms. The number of nitrogens with two attached hydrogens (primary N) is 1. The van der Waals surface area contributed by atoms with Crippen LogP contribution in [0.5, 0.6) is 0 Å². The van der Waals surface area contributed by atoms with E-state index in [1.54, 1.807) is 11.4 Å². The summed E-state index contributed by atoms with van der Waals surface area (Å²) in [7, 11) is -4.01. The van der Waals surface area contributed by atoms with Crippen molar-refractivity contribution in [2.24, 2.45) is 5.73 Å². The number of pyridine rings is 1. The summed E-state index contributed by atoms with van der Waals surface area (Å²) < 4.78 is 47.9. The van der Waals surface area contributed by atoms with Crippen LogP contribution in [0.15, 0.2) is 57.4 Å². The van der Waals surface area contributed by atoms with Gasteiger partial charge >= 0.3 is 0 Å². The summed E-state index contributed by atoms with van der Waals surface area (Å²) >= 11 is 1.09. The minimum absolute atomic E-state index is 0.0485. The molecule has 2 amide bonds. The van der Waals surface area contributed by atoms with Crippen LogP contribution in [0, 0.1) is 5.82 Å². The summed E-state index contributed by atoms with van der Waals surface area (Å²) in [6, 6.07) is 7.12. The minimum atomic E-state index is -4.01. The Kier molecular flexibility index (Phi) is 5.53. The molecule has 5 aromatic rings. The summed E-state index contributed by atoms with van der Waals surface area (Å²) in [4.78, 5) is 40.6. The van der Waals surface area contributed by atoms with Gasteiger partial charge in [0.2, 0.25) is 10.0 Å². The number of halogens is 1. The number of hydrogen-bond acceptors (Lipinski definition) is 7. The van der Waals surface area contributed by atoms with Gasteiger partial charge in [0.1, 0.15) is 17.1 Å². The molecule has 0 aliphatic rings. The first kappa shape index (κ1) is 23.5. The minimum Gasteiger partial charge on any atom is -0.463 e. The molecule has 0 saturated carbocycles. The maximum Gasteiger partial charge on any atom is 0.282 e. The van der Waals surface area contributed by atoms with Gasteiger partial charge in [-0.2, -0.15) is 0 Å². The van der Waals surface area contributed by atoms with E-state index in [2.05, 4.69) is 4.98 Å². The Hall–Kier alpha value is -4.23. The Morgan fingerprint density at radius 1 is 1.28 bits per heavy atom. The van der Waals surface area contributed by atoms with Gasteiger partial charge in [-0.15, -0.1) is 11.3 Å². The molecule has 36 heavy (non-hydrogen) atoms. The van der Waals surface area contributed by atoms with E-state index in [-0.39, 0.29) is 50.1 Å². The Bertz CT molecular complexity index is 1860. The monoisotopic (exact) mass is 528 g/mol. The lowest BCUT2D eigenvalue weighted by Crippen LogP contribution is -2.31. The first-order chi connectivity index (χ1) is 17.0. The quantitative estimate of drug-likeness (QED) is 0.308. The second-order valence-corrected chi connectivity index (χ2v) is 10.7. The lowest BCUT2D eigenvalue weighted by molar-refractivity contribution is 0.0971. The van der Waals surface area contributed by atoms with Crippen molar-refractivity contribution in [3.05, 3.63) is 80.5 Å². The molecule has 10 nitrogen and oxygen atoms in total. The predicted molar refractivity (Wildman–Crippen MR) is 132 cm³/mol. The van der Waals surface area contributed by atoms with Crippen molar-refractivity contribution in [1.29, 1.82) is 0 Å². The molecule has 5 rings (SSSR count). The first-order valence-corrected chi connectivity index (χ1v) is 13.1. The number of aromatic amines is 1. The second kappa shape index (κ2) is 8.46. The van der Waals surface area contributed by atoms with Crippen molar-refractivity contribution in [3.63, 3.8) is 0 Å². The lowest BCUT2D eigenvalue weighted by Gasteiger charge is -2.11. The standard InChI is InChI=1S/C23H17FN4O6S2/c1-36(32,33)27-23(31)19-17(13-3-2-5-26-22(13)30)18-15(8-14(24)12-4-6-34-20(12)18)28(19)9-11-7-16(21(25)29)35-10-11/h2-8,10H,9H2,1H3,(H2,25,29)(H,26,30)(H,27,31). The number of aromatic nitrogens is 2. The van der Waals surface area contributed by atoms with Crippen molar-refractivity contribution in [3.8, 4) is 11.1 Å². The maximum atomic E-state index is 15.1. The number of hydrogen-bond donors (Lipinski definition) is 3. The van der Waals surface area contributed by atoms with Crippen LogP contribution < -0.4 is 16.0 Å². The van der Waals surface area contributed by atoms with Gasteiger partial charge in [-0.1, -0.05) is 0 Å². The third kappa shape index (κ3) is 3.97. The molecule has 0 atom stereocenters. The number of sulfonamides is 1. The number of benzene rings is 1. The van der Waals surface area contributed by atoms with Gasteiger partial charge in [-0.3, -0.25) is 14.4 Å². The molecule has 1 aromatic carbocycles. The fraction of sp³-hybridized carbons (Fsp3) is 0.0870. The molecule has 0 aliphatic carbocycles. The highest BCUT2D eigenvalue weighted by molar-refractivity contribution is 7.89. The number of fused-ring (bicyclic) bond motifs is 3. The van der Waals surface area contributed by atoms with E-state index in [0.29, 0.717) is 5.56 Å². The highest BCUT2D eigenvalue weighted by Gasteiger charge is 2.30. The zero-order chi connectivity index (χ0) is 25.8. The number of nitrogens with zero attached hydrogens (tertiary/aromatic N) is 1. The summed E-state index contributed by atoms with van der Waals surface area (Å²) in [5.41, 5.74) is 5.52. The molecule has 184 valence electrons. The Balaban J connectivity index is 1.92. The van der Waals surface area contributed by atoms with Crippen LogP contribution in [0.3, 0.4) is 0 Å². The zero-order valence-corrected chi connectivity index (χ0v) is 20.1. The lowest BCUT2D eigenvalue weighted by atomic mass is 10.0.